The van der Waals surface area contributed by atoms with Gasteiger partial charge in [0, 0.05) is 11.8 Å². The molecule has 2 aliphatic rings. The van der Waals surface area contributed by atoms with Gasteiger partial charge in [0.1, 0.15) is 5.84 Å². The first-order valence-corrected chi connectivity index (χ1v) is 4.35. The molecule has 0 unspecified atom stereocenters. The van der Waals surface area contributed by atoms with Crippen LogP contribution in [0.2, 0.25) is 0 Å². The van der Waals surface area contributed by atoms with E-state index in [9.17, 15) is 0 Å². The number of aliphatic imine (C=N–C) groups is 1. The first kappa shape index (κ1) is 8.10. The molecule has 0 aromatic rings. The molecular formula is C10H13N3. The zero-order valence-electron chi connectivity index (χ0n) is 7.83. The third-order valence-electron chi connectivity index (χ3n) is 1.99. The van der Waals surface area contributed by atoms with E-state index in [-0.39, 0.29) is 5.54 Å². The van der Waals surface area contributed by atoms with Gasteiger partial charge in [-0.2, -0.15) is 0 Å². The van der Waals surface area contributed by atoms with Gasteiger partial charge in [0.25, 0.3) is 0 Å². The lowest BCUT2D eigenvalue weighted by atomic mass is 10.1. The number of amidine groups is 1. The van der Waals surface area contributed by atoms with E-state index in [0.29, 0.717) is 0 Å². The van der Waals surface area contributed by atoms with E-state index in [0.717, 1.165) is 11.4 Å². The van der Waals surface area contributed by atoms with Crippen LogP contribution in [-0.4, -0.2) is 11.4 Å². The summed E-state index contributed by atoms with van der Waals surface area (Å²) in [5.41, 5.74) is 6.92. The standard InChI is InChI=1S/C10H13N3/c1-10(2)6-3-4-8-5-7-11-13-9(8)12-10/h3-7,11H,1-2H3,(H,12,13). The first-order valence-electron chi connectivity index (χ1n) is 4.35. The molecule has 0 aromatic heterocycles. The van der Waals surface area contributed by atoms with Crippen LogP contribution in [0.5, 0.6) is 0 Å². The minimum atomic E-state index is -0.132. The van der Waals surface area contributed by atoms with Crippen molar-refractivity contribution in [1.82, 2.24) is 10.9 Å². The van der Waals surface area contributed by atoms with Gasteiger partial charge in [-0.3, -0.25) is 10.4 Å². The van der Waals surface area contributed by atoms with Gasteiger partial charge in [0.2, 0.25) is 0 Å². The Bertz CT molecular complexity index is 332. The smallest absolute Gasteiger partial charge is 0.147 e. The highest BCUT2D eigenvalue weighted by Crippen LogP contribution is 2.17. The molecule has 13 heavy (non-hydrogen) atoms. The molecule has 2 rings (SSSR count). The predicted octanol–water partition coefficient (Wildman–Crippen LogP) is 1.28. The second-order valence-corrected chi connectivity index (χ2v) is 3.70. The van der Waals surface area contributed by atoms with Crippen LogP contribution in [0.15, 0.2) is 41.1 Å². The first-order chi connectivity index (χ1) is 6.17. The van der Waals surface area contributed by atoms with Gasteiger partial charge < -0.3 is 5.43 Å². The van der Waals surface area contributed by atoms with Crippen molar-refractivity contribution in [1.29, 1.82) is 0 Å². The van der Waals surface area contributed by atoms with E-state index in [1.807, 2.05) is 18.4 Å². The molecule has 0 bridgehead atoms. The average molecular weight is 175 g/mol. The lowest BCUT2D eigenvalue weighted by Crippen LogP contribution is -2.39. The molecule has 3 nitrogen and oxygen atoms in total. The molecule has 0 amide bonds. The zero-order chi connectivity index (χ0) is 9.31. The molecule has 3 heteroatoms. The van der Waals surface area contributed by atoms with E-state index >= 15 is 0 Å². The Morgan fingerprint density at radius 3 is 3.08 bits per heavy atom. The molecule has 0 aromatic carbocycles. The zero-order valence-corrected chi connectivity index (χ0v) is 7.83. The maximum Gasteiger partial charge on any atom is 0.147 e. The SMILES string of the molecule is CC1(C)C=CC=C2C=CNNC2=N1. The third-order valence-corrected chi connectivity index (χ3v) is 1.99. The highest BCUT2D eigenvalue weighted by atomic mass is 15.4. The number of fused-ring (bicyclic) bond motifs is 1. The van der Waals surface area contributed by atoms with Crippen LogP contribution in [-0.2, 0) is 0 Å². The summed E-state index contributed by atoms with van der Waals surface area (Å²) in [5, 5.41) is 0. The summed E-state index contributed by atoms with van der Waals surface area (Å²) in [6.07, 6.45) is 10.0. The molecule has 0 saturated carbocycles. The van der Waals surface area contributed by atoms with Crippen LogP contribution in [0.4, 0.5) is 0 Å². The van der Waals surface area contributed by atoms with Gasteiger partial charge >= 0.3 is 0 Å². The molecule has 2 N–H and O–H groups in total. The van der Waals surface area contributed by atoms with E-state index in [2.05, 4.69) is 41.8 Å². The number of allylic oxidation sites excluding steroid dienone is 2. The molecule has 0 atom stereocenters. The largest absolute Gasteiger partial charge is 0.307 e. The second kappa shape index (κ2) is 2.76. The van der Waals surface area contributed by atoms with Crippen molar-refractivity contribution < 1.29 is 0 Å². The van der Waals surface area contributed by atoms with Gasteiger partial charge in [-0.05, 0) is 19.9 Å². The van der Waals surface area contributed by atoms with E-state index < -0.39 is 0 Å². The Morgan fingerprint density at radius 2 is 2.23 bits per heavy atom. The van der Waals surface area contributed by atoms with Crippen molar-refractivity contribution in [3.63, 3.8) is 0 Å². The Hall–Kier alpha value is -1.51. The van der Waals surface area contributed by atoms with Crippen LogP contribution in [0.1, 0.15) is 13.8 Å². The van der Waals surface area contributed by atoms with Crippen molar-refractivity contribution in [3.05, 3.63) is 36.1 Å². The van der Waals surface area contributed by atoms with Crippen molar-refractivity contribution in [2.24, 2.45) is 4.99 Å². The fraction of sp³-hybridized carbons (Fsp3) is 0.300. The Morgan fingerprint density at radius 1 is 1.38 bits per heavy atom. The number of nitrogens with zero attached hydrogens (tertiary/aromatic N) is 1. The topological polar surface area (TPSA) is 36.4 Å². The lowest BCUT2D eigenvalue weighted by molar-refractivity contribution is 0.647. The Balaban J connectivity index is 2.43. The highest BCUT2D eigenvalue weighted by molar-refractivity contribution is 6.02. The molecule has 0 spiro atoms. The molecule has 2 heterocycles. The van der Waals surface area contributed by atoms with Crippen molar-refractivity contribution >= 4 is 5.84 Å². The van der Waals surface area contributed by atoms with Gasteiger partial charge in [0.15, 0.2) is 0 Å². The highest BCUT2D eigenvalue weighted by Gasteiger charge is 2.17. The van der Waals surface area contributed by atoms with Crippen molar-refractivity contribution in [3.8, 4) is 0 Å². The summed E-state index contributed by atoms with van der Waals surface area (Å²) in [6, 6.07) is 0. The molecule has 68 valence electrons. The molecule has 0 aliphatic carbocycles. The van der Waals surface area contributed by atoms with Crippen molar-refractivity contribution in [2.75, 3.05) is 0 Å². The van der Waals surface area contributed by atoms with Gasteiger partial charge in [0.05, 0.1) is 5.54 Å². The molecule has 0 saturated heterocycles. The summed E-state index contributed by atoms with van der Waals surface area (Å²) in [7, 11) is 0. The molecular weight excluding hydrogens is 162 g/mol. The minimum Gasteiger partial charge on any atom is -0.307 e. The van der Waals surface area contributed by atoms with Crippen LogP contribution >= 0.6 is 0 Å². The van der Waals surface area contributed by atoms with Crippen LogP contribution in [0.3, 0.4) is 0 Å². The Labute approximate surface area is 77.9 Å². The van der Waals surface area contributed by atoms with Gasteiger partial charge in [-0.25, -0.2) is 0 Å². The third kappa shape index (κ3) is 1.64. The monoisotopic (exact) mass is 175 g/mol. The summed E-state index contributed by atoms with van der Waals surface area (Å²) >= 11 is 0. The number of rotatable bonds is 0. The van der Waals surface area contributed by atoms with E-state index in [1.54, 1.807) is 0 Å². The summed E-state index contributed by atoms with van der Waals surface area (Å²) in [4.78, 5) is 4.57. The summed E-state index contributed by atoms with van der Waals surface area (Å²) in [5.74, 6) is 0.900. The van der Waals surface area contributed by atoms with Crippen LogP contribution in [0, 0.1) is 0 Å². The molecule has 2 aliphatic heterocycles. The van der Waals surface area contributed by atoms with Gasteiger partial charge in [-0.1, -0.05) is 18.2 Å². The fourth-order valence-electron chi connectivity index (χ4n) is 1.33. The normalized spacial score (nSPS) is 23.2. The predicted molar refractivity (Wildman–Crippen MR) is 54.1 cm³/mol. The molecule has 0 radical (unpaired) electrons. The number of hydrogen-bond donors (Lipinski definition) is 2. The second-order valence-electron chi connectivity index (χ2n) is 3.70. The summed E-state index contributed by atoms with van der Waals surface area (Å²) < 4.78 is 0. The minimum absolute atomic E-state index is 0.132. The van der Waals surface area contributed by atoms with E-state index in [1.165, 1.54) is 0 Å². The molecule has 0 fully saturated rings. The average Bonchev–Trinajstić information content (AvgIpc) is 2.21. The van der Waals surface area contributed by atoms with Crippen LogP contribution in [0.25, 0.3) is 0 Å². The summed E-state index contributed by atoms with van der Waals surface area (Å²) in [6.45, 7) is 4.15. The Kier molecular flexibility index (Phi) is 1.72. The van der Waals surface area contributed by atoms with Crippen LogP contribution < -0.4 is 10.9 Å². The van der Waals surface area contributed by atoms with E-state index in [4.69, 9.17) is 0 Å². The fourth-order valence-corrected chi connectivity index (χ4v) is 1.33. The lowest BCUT2D eigenvalue weighted by Gasteiger charge is -2.19. The quantitative estimate of drug-likeness (QED) is 0.582. The maximum atomic E-state index is 4.57. The van der Waals surface area contributed by atoms with Crippen molar-refractivity contribution in [2.45, 2.75) is 19.4 Å². The number of hydrazine groups is 1. The maximum absolute atomic E-state index is 4.57. The number of hydrogen-bond acceptors (Lipinski definition) is 3. The number of nitrogens with one attached hydrogen (secondary N) is 2. The van der Waals surface area contributed by atoms with Gasteiger partial charge in [-0.15, -0.1) is 0 Å².